The van der Waals surface area contributed by atoms with E-state index >= 15 is 0 Å². The average Bonchev–Trinajstić information content (AvgIpc) is 3.16. The molecule has 192 valence electrons. The lowest BCUT2D eigenvalue weighted by molar-refractivity contribution is -0.137. The molecule has 1 amide bonds. The minimum absolute atomic E-state index is 0.0114. The summed E-state index contributed by atoms with van der Waals surface area (Å²) in [7, 11) is 0. The number of benzene rings is 1. The summed E-state index contributed by atoms with van der Waals surface area (Å²) in [5.41, 5.74) is 1.96. The first-order valence-corrected chi connectivity index (χ1v) is 13.2. The molecule has 9 nitrogen and oxygen atoms in total. The number of nitrogens with zero attached hydrogens (tertiary/aromatic N) is 5. The maximum absolute atomic E-state index is 13.2. The molecule has 0 radical (unpaired) electrons. The molecule has 37 heavy (non-hydrogen) atoms. The second-order valence-corrected chi connectivity index (χ2v) is 10.4. The Morgan fingerprint density at radius 2 is 1.81 bits per heavy atom. The first-order valence-electron chi connectivity index (χ1n) is 12.0. The molecule has 2 fully saturated rings. The number of hydrogen-bond donors (Lipinski definition) is 1. The number of carbonyl (C=O) groups excluding carboxylic acids is 1. The number of nitriles is 1. The van der Waals surface area contributed by atoms with Gasteiger partial charge in [-0.1, -0.05) is 42.2 Å². The Morgan fingerprint density at radius 1 is 1.16 bits per heavy atom. The number of carboxylic acids is 1. The number of pyridine rings is 1. The molecule has 1 aromatic heterocycles. The zero-order valence-corrected chi connectivity index (χ0v) is 22.3. The minimum Gasteiger partial charge on any atom is -0.481 e. The largest absolute Gasteiger partial charge is 0.481 e. The van der Waals surface area contributed by atoms with Gasteiger partial charge >= 0.3 is 5.97 Å². The fraction of sp³-hybridized carbons (Fsp3) is 0.346. The van der Waals surface area contributed by atoms with Gasteiger partial charge in [0.1, 0.15) is 21.8 Å². The van der Waals surface area contributed by atoms with Crippen LogP contribution in [0.3, 0.4) is 0 Å². The number of para-hydroxylation sites is 1. The minimum atomic E-state index is -1.01. The standard InChI is InChI=1S/C26H27N5O4S2/c1-3-30-23(29-13-11-28(12-14-29)18-7-5-4-6-8-18)19(17(2)20(16-27)24(30)34)15-21-25(35)31(26(36)37-21)10-9-22(32)33/h4-8,15H,3,9-14H2,1-2H3,(H,32,33)/b21-15+. The van der Waals surface area contributed by atoms with Crippen LogP contribution in [0.1, 0.15) is 30.0 Å². The topological polar surface area (TPSA) is 110 Å². The zero-order chi connectivity index (χ0) is 26.7. The molecule has 2 aliphatic rings. The summed E-state index contributed by atoms with van der Waals surface area (Å²) in [6.45, 7) is 6.73. The number of thioether (sulfide) groups is 1. The van der Waals surface area contributed by atoms with Crippen molar-refractivity contribution in [3.8, 4) is 6.07 Å². The molecule has 2 aromatic rings. The summed E-state index contributed by atoms with van der Waals surface area (Å²) in [6.07, 6.45) is 1.48. The lowest BCUT2D eigenvalue weighted by atomic mass is 10.0. The van der Waals surface area contributed by atoms with Crippen LogP contribution in [0.5, 0.6) is 0 Å². The van der Waals surface area contributed by atoms with E-state index in [1.165, 1.54) is 4.90 Å². The van der Waals surface area contributed by atoms with Crippen molar-refractivity contribution in [2.24, 2.45) is 0 Å². The smallest absolute Gasteiger partial charge is 0.305 e. The molecule has 2 saturated heterocycles. The maximum atomic E-state index is 13.2. The predicted molar refractivity (Wildman–Crippen MR) is 149 cm³/mol. The third-order valence-electron chi connectivity index (χ3n) is 6.56. The first-order chi connectivity index (χ1) is 17.8. The molecule has 2 aliphatic heterocycles. The Bertz CT molecular complexity index is 1370. The Hall–Kier alpha value is -3.62. The van der Waals surface area contributed by atoms with Crippen LogP contribution in [0.15, 0.2) is 40.0 Å². The van der Waals surface area contributed by atoms with Gasteiger partial charge in [0.2, 0.25) is 0 Å². The third kappa shape index (κ3) is 5.26. The van der Waals surface area contributed by atoms with Crippen LogP contribution in [0.25, 0.3) is 6.08 Å². The molecular formula is C26H27N5O4S2. The third-order valence-corrected chi connectivity index (χ3v) is 7.94. The summed E-state index contributed by atoms with van der Waals surface area (Å²) >= 11 is 6.44. The van der Waals surface area contributed by atoms with Crippen LogP contribution in [0, 0.1) is 18.3 Å². The van der Waals surface area contributed by atoms with Gasteiger partial charge in [-0.25, -0.2) is 0 Å². The summed E-state index contributed by atoms with van der Waals surface area (Å²) in [4.78, 5) is 43.4. The fourth-order valence-corrected chi connectivity index (χ4v) is 5.92. The van der Waals surface area contributed by atoms with Gasteiger partial charge in [0.05, 0.1) is 11.3 Å². The zero-order valence-electron chi connectivity index (χ0n) is 20.6. The van der Waals surface area contributed by atoms with Crippen LogP contribution in [0.4, 0.5) is 11.5 Å². The van der Waals surface area contributed by atoms with Crippen molar-refractivity contribution in [3.05, 3.63) is 62.3 Å². The van der Waals surface area contributed by atoms with E-state index in [0.29, 0.717) is 41.5 Å². The highest BCUT2D eigenvalue weighted by atomic mass is 32.2. The number of aromatic nitrogens is 1. The van der Waals surface area contributed by atoms with E-state index in [1.807, 2.05) is 31.2 Å². The van der Waals surface area contributed by atoms with Gasteiger partial charge < -0.3 is 14.9 Å². The quantitative estimate of drug-likeness (QED) is 0.421. The lowest BCUT2D eigenvalue weighted by Gasteiger charge is -2.39. The van der Waals surface area contributed by atoms with Gasteiger partial charge in [-0.15, -0.1) is 0 Å². The van der Waals surface area contributed by atoms with Crippen LogP contribution < -0.4 is 15.4 Å². The second kappa shape index (κ2) is 11.2. The van der Waals surface area contributed by atoms with E-state index in [2.05, 4.69) is 21.9 Å². The van der Waals surface area contributed by atoms with E-state index in [4.69, 9.17) is 17.3 Å². The van der Waals surface area contributed by atoms with Gasteiger partial charge in [-0.05, 0) is 37.6 Å². The van der Waals surface area contributed by atoms with Crippen LogP contribution in [-0.2, 0) is 16.1 Å². The Kier molecular flexibility index (Phi) is 8.00. The second-order valence-electron chi connectivity index (χ2n) is 8.69. The predicted octanol–water partition coefficient (Wildman–Crippen LogP) is 3.05. The highest BCUT2D eigenvalue weighted by molar-refractivity contribution is 8.26. The Morgan fingerprint density at radius 3 is 2.41 bits per heavy atom. The van der Waals surface area contributed by atoms with Crippen LogP contribution in [-0.4, -0.2) is 63.5 Å². The van der Waals surface area contributed by atoms with Gasteiger partial charge in [0.25, 0.3) is 11.5 Å². The van der Waals surface area contributed by atoms with Crippen molar-refractivity contribution in [3.63, 3.8) is 0 Å². The monoisotopic (exact) mass is 537 g/mol. The van der Waals surface area contributed by atoms with Crippen molar-refractivity contribution >= 4 is 57.8 Å². The van der Waals surface area contributed by atoms with E-state index in [1.54, 1.807) is 17.6 Å². The lowest BCUT2D eigenvalue weighted by Crippen LogP contribution is -2.48. The average molecular weight is 538 g/mol. The van der Waals surface area contributed by atoms with Crippen molar-refractivity contribution in [2.45, 2.75) is 26.8 Å². The van der Waals surface area contributed by atoms with Gasteiger partial charge in [-0.2, -0.15) is 5.26 Å². The number of rotatable bonds is 7. The summed E-state index contributed by atoms with van der Waals surface area (Å²) in [5, 5.41) is 18.8. The van der Waals surface area contributed by atoms with Gasteiger partial charge in [0.15, 0.2) is 0 Å². The molecular weight excluding hydrogens is 510 g/mol. The van der Waals surface area contributed by atoms with Crippen LogP contribution in [0.2, 0.25) is 0 Å². The maximum Gasteiger partial charge on any atom is 0.305 e. The van der Waals surface area contributed by atoms with Crippen molar-refractivity contribution in [2.75, 3.05) is 42.5 Å². The van der Waals surface area contributed by atoms with Gasteiger partial charge in [-0.3, -0.25) is 23.9 Å². The molecule has 11 heteroatoms. The number of carboxylic acid groups (broad SMARTS) is 1. The number of aliphatic carboxylic acids is 1. The van der Waals surface area contributed by atoms with Crippen molar-refractivity contribution < 1.29 is 14.7 Å². The highest BCUT2D eigenvalue weighted by Crippen LogP contribution is 2.36. The molecule has 0 atom stereocenters. The van der Waals surface area contributed by atoms with E-state index in [-0.39, 0.29) is 34.3 Å². The Labute approximate surface area is 224 Å². The number of amides is 1. The number of carbonyl (C=O) groups is 2. The van der Waals surface area contributed by atoms with E-state index in [0.717, 1.165) is 30.5 Å². The summed E-state index contributed by atoms with van der Waals surface area (Å²) in [6, 6.07) is 12.2. The van der Waals surface area contributed by atoms with Crippen molar-refractivity contribution in [1.82, 2.24) is 9.47 Å². The molecule has 0 bridgehead atoms. The van der Waals surface area contributed by atoms with Gasteiger partial charge in [0, 0.05) is 50.5 Å². The molecule has 4 rings (SSSR count). The molecule has 0 unspecified atom stereocenters. The van der Waals surface area contributed by atoms with E-state index < -0.39 is 5.97 Å². The molecule has 0 saturated carbocycles. The molecule has 1 N–H and O–H groups in total. The first kappa shape index (κ1) is 26.4. The number of piperazine rings is 1. The molecule has 0 aliphatic carbocycles. The number of anilines is 2. The normalized spacial score (nSPS) is 17.0. The highest BCUT2D eigenvalue weighted by Gasteiger charge is 2.33. The fourth-order valence-electron chi connectivity index (χ4n) is 4.62. The molecule has 3 heterocycles. The molecule has 0 spiro atoms. The Balaban J connectivity index is 1.74. The SMILES string of the molecule is CCn1c(N2CCN(c3ccccc3)CC2)c(/C=C2/SC(=S)N(CCC(=O)O)C2=O)c(C)c(C#N)c1=O. The summed E-state index contributed by atoms with van der Waals surface area (Å²) < 4.78 is 1.89. The van der Waals surface area contributed by atoms with E-state index in [9.17, 15) is 19.6 Å². The van der Waals surface area contributed by atoms with Crippen LogP contribution >= 0.6 is 24.0 Å². The number of thiocarbonyl (C=S) groups is 1. The molecule has 1 aromatic carbocycles. The summed E-state index contributed by atoms with van der Waals surface area (Å²) in [5.74, 6) is -0.713. The number of hydrogen-bond acceptors (Lipinski definition) is 8. The van der Waals surface area contributed by atoms with Crippen molar-refractivity contribution in [1.29, 1.82) is 5.26 Å².